The quantitative estimate of drug-likeness (QED) is 0.511. The van der Waals surface area contributed by atoms with E-state index in [-0.39, 0.29) is 5.91 Å². The van der Waals surface area contributed by atoms with Gasteiger partial charge in [0.05, 0.1) is 10.6 Å². The second kappa shape index (κ2) is 8.37. The minimum Gasteiger partial charge on any atom is -0.321 e. The fraction of sp³-hybridized carbons (Fsp3) is 0.0500. The summed E-state index contributed by atoms with van der Waals surface area (Å²) in [7, 11) is 0. The molecule has 2 aromatic carbocycles. The van der Waals surface area contributed by atoms with Crippen molar-refractivity contribution in [2.75, 3.05) is 5.32 Å². The maximum absolute atomic E-state index is 12.9. The molecule has 2 N–H and O–H groups in total. The van der Waals surface area contributed by atoms with Crippen LogP contribution >= 0.6 is 11.3 Å². The van der Waals surface area contributed by atoms with Gasteiger partial charge in [0.25, 0.3) is 11.8 Å². The molecule has 0 aliphatic rings. The van der Waals surface area contributed by atoms with E-state index in [0.29, 0.717) is 21.8 Å². The summed E-state index contributed by atoms with van der Waals surface area (Å²) >= 11 is 1.37. The molecule has 0 unspecified atom stereocenters. The normalized spacial score (nSPS) is 11.1. The van der Waals surface area contributed by atoms with Gasteiger partial charge in [-0.3, -0.25) is 9.59 Å². The first-order chi connectivity index (χ1) is 13.0. The zero-order valence-corrected chi connectivity index (χ0v) is 15.2. The smallest absolute Gasteiger partial charge is 0.271 e. The molecule has 0 bridgehead atoms. The SMILES string of the molecule is CC(=NNC(=O)c1ccc(F)cc1)c1ccc(NC(=O)c2cccs2)cc1. The van der Waals surface area contributed by atoms with Crippen LogP contribution in [-0.4, -0.2) is 17.5 Å². The molecule has 7 heteroatoms. The van der Waals surface area contributed by atoms with Crippen molar-refractivity contribution >= 4 is 34.6 Å². The van der Waals surface area contributed by atoms with Gasteiger partial charge < -0.3 is 5.32 Å². The third-order valence-corrected chi connectivity index (χ3v) is 4.61. The van der Waals surface area contributed by atoms with Crippen molar-refractivity contribution in [1.29, 1.82) is 0 Å². The van der Waals surface area contributed by atoms with Crippen LogP contribution in [0.25, 0.3) is 0 Å². The Morgan fingerprint density at radius 2 is 1.59 bits per heavy atom. The van der Waals surface area contributed by atoms with Crippen LogP contribution in [0.15, 0.2) is 71.1 Å². The molecule has 2 amide bonds. The Balaban J connectivity index is 1.62. The molecule has 0 aliphatic heterocycles. The molecular formula is C20H16FN3O2S. The molecule has 27 heavy (non-hydrogen) atoms. The topological polar surface area (TPSA) is 70.6 Å². The Bertz CT molecular complexity index is 965. The first-order valence-electron chi connectivity index (χ1n) is 8.08. The summed E-state index contributed by atoms with van der Waals surface area (Å²) in [4.78, 5) is 24.7. The highest BCUT2D eigenvalue weighted by molar-refractivity contribution is 7.12. The molecule has 0 fully saturated rings. The Morgan fingerprint density at radius 3 is 2.22 bits per heavy atom. The zero-order valence-electron chi connectivity index (χ0n) is 14.4. The molecule has 5 nitrogen and oxygen atoms in total. The van der Waals surface area contributed by atoms with Crippen molar-refractivity contribution in [3.8, 4) is 0 Å². The number of carbonyl (C=O) groups excluding carboxylic acids is 2. The van der Waals surface area contributed by atoms with E-state index in [1.54, 1.807) is 37.3 Å². The summed E-state index contributed by atoms with van der Waals surface area (Å²) in [5.41, 5.74) is 4.82. The number of carbonyl (C=O) groups is 2. The second-order valence-corrected chi connectivity index (χ2v) is 6.60. The average molecular weight is 381 g/mol. The number of halogens is 1. The number of nitrogens with zero attached hydrogens (tertiary/aromatic N) is 1. The lowest BCUT2D eigenvalue weighted by atomic mass is 10.1. The lowest BCUT2D eigenvalue weighted by Crippen LogP contribution is -2.19. The Kier molecular flexibility index (Phi) is 5.73. The Morgan fingerprint density at radius 1 is 0.926 bits per heavy atom. The van der Waals surface area contributed by atoms with Crippen molar-refractivity contribution in [1.82, 2.24) is 5.43 Å². The van der Waals surface area contributed by atoms with Crippen LogP contribution in [0, 0.1) is 5.82 Å². The summed E-state index contributed by atoms with van der Waals surface area (Å²) in [6.07, 6.45) is 0. The standard InChI is InChI=1S/C20H16FN3O2S/c1-13(23-24-19(25)15-4-8-16(21)9-5-15)14-6-10-17(11-7-14)22-20(26)18-3-2-12-27-18/h2-12H,1H3,(H,22,26)(H,24,25). The summed E-state index contributed by atoms with van der Waals surface area (Å²) in [5, 5.41) is 8.73. The highest BCUT2D eigenvalue weighted by Crippen LogP contribution is 2.14. The fourth-order valence-electron chi connectivity index (χ4n) is 2.26. The van der Waals surface area contributed by atoms with Gasteiger partial charge in [0.1, 0.15) is 5.82 Å². The molecule has 0 saturated heterocycles. The van der Waals surface area contributed by atoms with E-state index < -0.39 is 11.7 Å². The zero-order chi connectivity index (χ0) is 19.2. The third-order valence-electron chi connectivity index (χ3n) is 3.74. The number of hydrogen-bond donors (Lipinski definition) is 2. The summed E-state index contributed by atoms with van der Waals surface area (Å²) in [6, 6.07) is 15.9. The van der Waals surface area contributed by atoms with Crippen LogP contribution in [0.2, 0.25) is 0 Å². The first kappa shape index (κ1) is 18.5. The van der Waals surface area contributed by atoms with Crippen LogP contribution in [0.5, 0.6) is 0 Å². The van der Waals surface area contributed by atoms with E-state index in [4.69, 9.17) is 0 Å². The van der Waals surface area contributed by atoms with E-state index >= 15 is 0 Å². The van der Waals surface area contributed by atoms with E-state index in [2.05, 4.69) is 15.8 Å². The van der Waals surface area contributed by atoms with Crippen molar-refractivity contribution in [2.45, 2.75) is 6.92 Å². The van der Waals surface area contributed by atoms with Gasteiger partial charge in [-0.2, -0.15) is 5.10 Å². The van der Waals surface area contributed by atoms with Gasteiger partial charge in [-0.25, -0.2) is 9.82 Å². The summed E-state index contributed by atoms with van der Waals surface area (Å²) in [5.74, 6) is -0.985. The molecule has 1 heterocycles. The van der Waals surface area contributed by atoms with E-state index in [1.807, 2.05) is 11.4 Å². The average Bonchev–Trinajstić information content (AvgIpc) is 3.22. The van der Waals surface area contributed by atoms with Gasteiger partial charge in [-0.1, -0.05) is 18.2 Å². The third kappa shape index (κ3) is 4.86. The van der Waals surface area contributed by atoms with Crippen LogP contribution in [0.4, 0.5) is 10.1 Å². The van der Waals surface area contributed by atoms with Crippen LogP contribution in [0.1, 0.15) is 32.5 Å². The summed E-state index contributed by atoms with van der Waals surface area (Å²) < 4.78 is 12.9. The fourth-order valence-corrected chi connectivity index (χ4v) is 2.88. The van der Waals surface area contributed by atoms with Crippen LogP contribution < -0.4 is 10.7 Å². The molecule has 0 radical (unpaired) electrons. The number of rotatable bonds is 5. The number of hydrazone groups is 1. The second-order valence-electron chi connectivity index (χ2n) is 5.65. The van der Waals surface area contributed by atoms with Crippen molar-refractivity contribution in [3.63, 3.8) is 0 Å². The molecule has 1 aromatic heterocycles. The number of benzene rings is 2. The molecule has 3 rings (SSSR count). The number of amides is 2. The van der Waals surface area contributed by atoms with E-state index in [9.17, 15) is 14.0 Å². The number of anilines is 1. The first-order valence-corrected chi connectivity index (χ1v) is 8.96. The maximum Gasteiger partial charge on any atom is 0.271 e. The molecule has 0 atom stereocenters. The minimum atomic E-state index is -0.422. The predicted octanol–water partition coefficient (Wildman–Crippen LogP) is 4.29. The van der Waals surface area contributed by atoms with Gasteiger partial charge in [-0.05, 0) is 60.3 Å². The van der Waals surface area contributed by atoms with E-state index in [1.165, 1.54) is 35.6 Å². The minimum absolute atomic E-state index is 0.158. The molecule has 136 valence electrons. The largest absolute Gasteiger partial charge is 0.321 e. The van der Waals surface area contributed by atoms with Gasteiger partial charge in [0.15, 0.2) is 0 Å². The Labute approximate surface area is 159 Å². The number of thiophene rings is 1. The van der Waals surface area contributed by atoms with Gasteiger partial charge in [-0.15, -0.1) is 11.3 Å². The molecule has 0 saturated carbocycles. The molecule has 0 aliphatic carbocycles. The van der Waals surface area contributed by atoms with E-state index in [0.717, 1.165) is 5.56 Å². The Hall–Kier alpha value is -3.32. The molecular weight excluding hydrogens is 365 g/mol. The highest BCUT2D eigenvalue weighted by atomic mass is 32.1. The van der Waals surface area contributed by atoms with Gasteiger partial charge in [0.2, 0.25) is 0 Å². The maximum atomic E-state index is 12.9. The van der Waals surface area contributed by atoms with Gasteiger partial charge in [0, 0.05) is 11.3 Å². The van der Waals surface area contributed by atoms with Crippen LogP contribution in [-0.2, 0) is 0 Å². The lowest BCUT2D eigenvalue weighted by Gasteiger charge is -2.06. The van der Waals surface area contributed by atoms with Crippen molar-refractivity contribution in [2.24, 2.45) is 5.10 Å². The molecule has 0 spiro atoms. The van der Waals surface area contributed by atoms with Crippen LogP contribution in [0.3, 0.4) is 0 Å². The monoisotopic (exact) mass is 381 g/mol. The number of nitrogens with one attached hydrogen (secondary N) is 2. The number of hydrogen-bond acceptors (Lipinski definition) is 4. The van der Waals surface area contributed by atoms with Crippen molar-refractivity contribution < 1.29 is 14.0 Å². The van der Waals surface area contributed by atoms with Crippen molar-refractivity contribution in [3.05, 3.63) is 87.9 Å². The van der Waals surface area contributed by atoms with Gasteiger partial charge >= 0.3 is 0 Å². The lowest BCUT2D eigenvalue weighted by molar-refractivity contribution is 0.0954. The highest BCUT2D eigenvalue weighted by Gasteiger charge is 2.08. The molecule has 3 aromatic rings. The predicted molar refractivity (Wildman–Crippen MR) is 105 cm³/mol. The summed E-state index contributed by atoms with van der Waals surface area (Å²) in [6.45, 7) is 1.75.